The fraction of sp³-hybridized carbons (Fsp3) is 0.333. The van der Waals surface area contributed by atoms with Crippen LogP contribution in [0.2, 0.25) is 5.02 Å². The third-order valence-corrected chi connectivity index (χ3v) is 1.83. The molecule has 0 bridgehead atoms. The molecule has 1 aromatic carbocycles. The molecule has 4 heteroatoms. The Kier molecular flexibility index (Phi) is 4.07. The summed E-state index contributed by atoms with van der Waals surface area (Å²) in [6, 6.07) is 7.02. The van der Waals surface area contributed by atoms with E-state index in [0.29, 0.717) is 5.02 Å². The van der Waals surface area contributed by atoms with E-state index in [2.05, 4.69) is 4.99 Å². The number of hydrogen-bond acceptors (Lipinski definition) is 2. The minimum atomic E-state index is -0.595. The molecule has 0 N–H and O–H groups in total. The van der Waals surface area contributed by atoms with E-state index in [1.165, 1.54) is 6.21 Å². The number of hydrogen-bond donors (Lipinski definition) is 0. The average Bonchev–Trinajstić information content (AvgIpc) is 2.14. The normalized spacial score (nSPS) is 11.8. The van der Waals surface area contributed by atoms with Crippen molar-refractivity contribution < 1.29 is 9.53 Å². The molecule has 1 rings (SSSR count). The molecule has 3 nitrogen and oxygen atoms in total. The van der Waals surface area contributed by atoms with Crippen LogP contribution in [0.3, 0.4) is 0 Å². The molecule has 0 saturated heterocycles. The molecule has 0 unspecified atom stereocenters. The predicted octanol–water partition coefficient (Wildman–Crippen LogP) is 3.69. The van der Waals surface area contributed by atoms with Gasteiger partial charge in [0.05, 0.1) is 0 Å². The summed E-state index contributed by atoms with van der Waals surface area (Å²) in [5.41, 5.74) is 0.282. The quantitative estimate of drug-likeness (QED) is 0.701. The van der Waals surface area contributed by atoms with E-state index in [-0.39, 0.29) is 0 Å². The van der Waals surface area contributed by atoms with E-state index in [0.717, 1.165) is 5.56 Å². The molecule has 0 fully saturated rings. The molecule has 0 aliphatic heterocycles. The summed E-state index contributed by atoms with van der Waals surface area (Å²) in [6.45, 7) is 5.38. The maximum absolute atomic E-state index is 11.3. The van der Waals surface area contributed by atoms with Crippen molar-refractivity contribution in [3.63, 3.8) is 0 Å². The van der Waals surface area contributed by atoms with Gasteiger partial charge in [-0.2, -0.15) is 4.99 Å². The summed E-state index contributed by atoms with van der Waals surface area (Å²) >= 11 is 5.73. The van der Waals surface area contributed by atoms with Gasteiger partial charge in [-0.1, -0.05) is 23.7 Å². The fourth-order valence-electron chi connectivity index (χ4n) is 0.964. The Labute approximate surface area is 100 Å². The summed E-state index contributed by atoms with van der Waals surface area (Å²) in [5, 5.41) is 0.648. The van der Waals surface area contributed by atoms with Gasteiger partial charge in [-0.15, -0.1) is 0 Å². The summed E-state index contributed by atoms with van der Waals surface area (Å²) < 4.78 is 5.02. The van der Waals surface area contributed by atoms with Crippen LogP contribution in [-0.2, 0) is 4.74 Å². The summed E-state index contributed by atoms with van der Waals surface area (Å²) in [6.07, 6.45) is 0.854. The molecule has 16 heavy (non-hydrogen) atoms. The Morgan fingerprint density at radius 3 is 2.38 bits per heavy atom. The van der Waals surface area contributed by atoms with Gasteiger partial charge in [0.25, 0.3) is 0 Å². The standard InChI is InChI=1S/C12H14ClNO2/c1-12(2,3)16-11(15)14-8-9-4-6-10(13)7-5-9/h4-8H,1-3H3/b14-8-. The monoisotopic (exact) mass is 239 g/mol. The highest BCUT2D eigenvalue weighted by Gasteiger charge is 2.14. The first-order valence-electron chi connectivity index (χ1n) is 4.89. The lowest BCUT2D eigenvalue weighted by Gasteiger charge is -2.16. The zero-order valence-electron chi connectivity index (χ0n) is 9.53. The van der Waals surface area contributed by atoms with Gasteiger partial charge in [-0.25, -0.2) is 4.79 Å². The SMILES string of the molecule is CC(C)(C)OC(=O)/N=C\c1ccc(Cl)cc1. The second kappa shape index (κ2) is 5.12. The number of aliphatic imine (C=N–C) groups is 1. The van der Waals surface area contributed by atoms with Crippen molar-refractivity contribution in [3.05, 3.63) is 34.9 Å². The lowest BCUT2D eigenvalue weighted by atomic mass is 10.2. The molecule has 0 radical (unpaired) electrons. The summed E-state index contributed by atoms with van der Waals surface area (Å²) in [4.78, 5) is 14.9. The molecule has 1 aromatic rings. The molecule has 1 amide bonds. The lowest BCUT2D eigenvalue weighted by molar-refractivity contribution is 0.0605. The van der Waals surface area contributed by atoms with Gasteiger partial charge in [0.2, 0.25) is 0 Å². The van der Waals surface area contributed by atoms with Crippen LogP contribution in [0.1, 0.15) is 26.3 Å². The Morgan fingerprint density at radius 1 is 1.31 bits per heavy atom. The number of ether oxygens (including phenoxy) is 1. The van der Waals surface area contributed by atoms with Gasteiger partial charge in [0.1, 0.15) is 5.60 Å². The van der Waals surface area contributed by atoms with Gasteiger partial charge in [-0.05, 0) is 38.5 Å². The highest BCUT2D eigenvalue weighted by molar-refractivity contribution is 6.30. The Bertz CT molecular complexity index is 390. The molecule has 0 aromatic heterocycles. The number of carbonyl (C=O) groups excluding carboxylic acids is 1. The van der Waals surface area contributed by atoms with Gasteiger partial charge in [0.15, 0.2) is 0 Å². The van der Waals surface area contributed by atoms with E-state index in [4.69, 9.17) is 16.3 Å². The first-order valence-corrected chi connectivity index (χ1v) is 5.27. The fourth-order valence-corrected chi connectivity index (χ4v) is 1.09. The first kappa shape index (κ1) is 12.7. The maximum Gasteiger partial charge on any atom is 0.434 e. The first-order chi connectivity index (χ1) is 7.37. The van der Waals surface area contributed by atoms with Crippen LogP contribution in [0.25, 0.3) is 0 Å². The minimum Gasteiger partial charge on any atom is -0.442 e. The molecule has 0 aliphatic carbocycles. The van der Waals surface area contributed by atoms with Crippen LogP contribution in [0.4, 0.5) is 4.79 Å². The van der Waals surface area contributed by atoms with Crippen molar-refractivity contribution in [2.75, 3.05) is 0 Å². The number of halogens is 1. The second-order valence-corrected chi connectivity index (χ2v) is 4.73. The lowest BCUT2D eigenvalue weighted by Crippen LogP contribution is -2.21. The van der Waals surface area contributed by atoms with Gasteiger partial charge in [-0.3, -0.25) is 0 Å². The highest BCUT2D eigenvalue weighted by Crippen LogP contribution is 2.09. The summed E-state index contributed by atoms with van der Waals surface area (Å²) in [7, 11) is 0. The van der Waals surface area contributed by atoms with E-state index in [1.807, 2.05) is 0 Å². The molecule has 0 heterocycles. The zero-order valence-corrected chi connectivity index (χ0v) is 10.3. The number of nitrogens with zero attached hydrogens (tertiary/aromatic N) is 1. The van der Waals surface area contributed by atoms with Crippen LogP contribution in [0.5, 0.6) is 0 Å². The van der Waals surface area contributed by atoms with Gasteiger partial charge >= 0.3 is 6.09 Å². The molecule has 0 aliphatic rings. The third kappa shape index (κ3) is 4.94. The van der Waals surface area contributed by atoms with E-state index in [9.17, 15) is 4.79 Å². The Morgan fingerprint density at radius 2 is 1.88 bits per heavy atom. The summed E-state index contributed by atoms with van der Waals surface area (Å²) in [5.74, 6) is 0. The minimum absolute atomic E-state index is 0.519. The molecule has 0 atom stereocenters. The number of benzene rings is 1. The Hall–Kier alpha value is -1.35. The van der Waals surface area contributed by atoms with Crippen molar-refractivity contribution in [1.29, 1.82) is 0 Å². The zero-order chi connectivity index (χ0) is 12.2. The van der Waals surface area contributed by atoms with Crippen molar-refractivity contribution in [2.24, 2.45) is 4.99 Å². The van der Waals surface area contributed by atoms with Crippen LogP contribution in [0.15, 0.2) is 29.3 Å². The number of rotatable bonds is 1. The average molecular weight is 240 g/mol. The van der Waals surface area contributed by atoms with E-state index in [1.54, 1.807) is 45.0 Å². The van der Waals surface area contributed by atoms with Crippen molar-refractivity contribution in [1.82, 2.24) is 0 Å². The van der Waals surface area contributed by atoms with Crippen LogP contribution in [0, 0.1) is 0 Å². The van der Waals surface area contributed by atoms with Crippen molar-refractivity contribution in [2.45, 2.75) is 26.4 Å². The molecular weight excluding hydrogens is 226 g/mol. The van der Waals surface area contributed by atoms with Crippen molar-refractivity contribution in [3.8, 4) is 0 Å². The van der Waals surface area contributed by atoms with Gasteiger partial charge in [0, 0.05) is 11.2 Å². The van der Waals surface area contributed by atoms with Gasteiger partial charge < -0.3 is 4.74 Å². The number of amides is 1. The third-order valence-electron chi connectivity index (χ3n) is 1.58. The molecular formula is C12H14ClNO2. The molecule has 0 saturated carbocycles. The largest absolute Gasteiger partial charge is 0.442 e. The van der Waals surface area contributed by atoms with Crippen LogP contribution < -0.4 is 0 Å². The van der Waals surface area contributed by atoms with E-state index < -0.39 is 11.7 Å². The van der Waals surface area contributed by atoms with Crippen molar-refractivity contribution >= 4 is 23.9 Å². The predicted molar refractivity (Wildman–Crippen MR) is 65.3 cm³/mol. The molecule has 0 spiro atoms. The topological polar surface area (TPSA) is 38.7 Å². The second-order valence-electron chi connectivity index (χ2n) is 4.29. The molecule has 86 valence electrons. The number of carbonyl (C=O) groups is 1. The van der Waals surface area contributed by atoms with Crippen LogP contribution in [-0.4, -0.2) is 17.9 Å². The highest BCUT2D eigenvalue weighted by atomic mass is 35.5. The van der Waals surface area contributed by atoms with E-state index >= 15 is 0 Å². The smallest absolute Gasteiger partial charge is 0.434 e. The van der Waals surface area contributed by atoms with Crippen LogP contribution >= 0.6 is 11.6 Å². The Balaban J connectivity index is 2.60. The maximum atomic E-state index is 11.3.